The van der Waals surface area contributed by atoms with Gasteiger partial charge in [-0.15, -0.1) is 0 Å². The lowest BCUT2D eigenvalue weighted by Crippen LogP contribution is -2.13. The highest BCUT2D eigenvalue weighted by atomic mass is 15.1. The van der Waals surface area contributed by atoms with Crippen molar-refractivity contribution in [1.82, 2.24) is 0 Å². The second-order valence-corrected chi connectivity index (χ2v) is 15.6. The van der Waals surface area contributed by atoms with Crippen LogP contribution in [0.3, 0.4) is 0 Å². The van der Waals surface area contributed by atoms with Crippen LogP contribution >= 0.6 is 0 Å². The van der Waals surface area contributed by atoms with Crippen molar-refractivity contribution < 1.29 is 0 Å². The molecule has 12 aromatic carbocycles. The Morgan fingerprint density at radius 3 is 1.37 bits per heavy atom. The van der Waals surface area contributed by atoms with Gasteiger partial charge >= 0.3 is 0 Å². The van der Waals surface area contributed by atoms with E-state index in [0.29, 0.717) is 0 Å². The molecule has 274 valence electrons. The van der Waals surface area contributed by atoms with Crippen LogP contribution in [0.2, 0.25) is 0 Å². The Kier molecular flexibility index (Phi) is 7.61. The predicted molar refractivity (Wildman–Crippen MR) is 255 cm³/mol. The van der Waals surface area contributed by atoms with Gasteiger partial charge in [0.25, 0.3) is 0 Å². The highest BCUT2D eigenvalue weighted by Gasteiger charge is 2.25. The van der Waals surface area contributed by atoms with Crippen molar-refractivity contribution in [2.75, 3.05) is 4.90 Å². The minimum atomic E-state index is 1.10. The van der Waals surface area contributed by atoms with E-state index in [1.807, 2.05) is 0 Å². The molecule has 0 saturated carbocycles. The number of nitrogens with zero attached hydrogens (tertiary/aromatic N) is 1. The molecule has 1 nitrogen and oxygen atoms in total. The molecule has 1 heteroatoms. The highest BCUT2D eigenvalue weighted by molar-refractivity contribution is 6.26. The Hall–Kier alpha value is -7.74. The van der Waals surface area contributed by atoms with Crippen LogP contribution in [0.15, 0.2) is 224 Å². The van der Waals surface area contributed by atoms with Crippen LogP contribution in [0.25, 0.3) is 97.7 Å². The standard InChI is InChI=1S/C58H37N/c1-2-16-41-36-43(29-28-38(41)14-1)57-53-25-11-9-22-49(53)50-23-10-12-26-54(50)58(57)59(56-27-13-17-40-15-3-4-18-45(40)56)44-33-30-39(31-34-44)42-32-35-52-48-21-6-5-19-46(48)47-20-7-8-24-51(47)55(52)37-42/h1-37H. The number of anilines is 3. The van der Waals surface area contributed by atoms with Crippen molar-refractivity contribution in [3.63, 3.8) is 0 Å². The zero-order valence-corrected chi connectivity index (χ0v) is 32.3. The molecule has 0 atom stereocenters. The van der Waals surface area contributed by atoms with Gasteiger partial charge in [0.15, 0.2) is 0 Å². The summed E-state index contributed by atoms with van der Waals surface area (Å²) in [5.41, 5.74) is 8.21. The van der Waals surface area contributed by atoms with Crippen LogP contribution in [0, 0.1) is 0 Å². The van der Waals surface area contributed by atoms with Crippen LogP contribution in [0.1, 0.15) is 0 Å². The Morgan fingerprint density at radius 2 is 0.695 bits per heavy atom. The third kappa shape index (κ3) is 5.33. The lowest BCUT2D eigenvalue weighted by atomic mass is 9.89. The lowest BCUT2D eigenvalue weighted by molar-refractivity contribution is 1.32. The van der Waals surface area contributed by atoms with Crippen LogP contribution < -0.4 is 4.90 Å². The molecule has 0 amide bonds. The molecule has 0 aliphatic carbocycles. The van der Waals surface area contributed by atoms with Crippen LogP contribution in [0.5, 0.6) is 0 Å². The third-order valence-corrected chi connectivity index (χ3v) is 12.4. The fourth-order valence-corrected chi connectivity index (χ4v) is 9.67. The normalized spacial score (nSPS) is 11.7. The van der Waals surface area contributed by atoms with Crippen molar-refractivity contribution in [2.45, 2.75) is 0 Å². The molecule has 0 N–H and O–H groups in total. The van der Waals surface area contributed by atoms with Gasteiger partial charge in [-0.05, 0) is 112 Å². The molecular weight excluding hydrogens is 711 g/mol. The predicted octanol–water partition coefficient (Wildman–Crippen LogP) is 16.6. The minimum absolute atomic E-state index is 1.10. The Balaban J connectivity index is 1.12. The van der Waals surface area contributed by atoms with Crippen LogP contribution in [-0.4, -0.2) is 0 Å². The second-order valence-electron chi connectivity index (χ2n) is 15.6. The van der Waals surface area contributed by atoms with E-state index in [4.69, 9.17) is 0 Å². The summed E-state index contributed by atoms with van der Waals surface area (Å²) >= 11 is 0. The van der Waals surface area contributed by atoms with E-state index in [9.17, 15) is 0 Å². The van der Waals surface area contributed by atoms with E-state index >= 15 is 0 Å². The zero-order valence-electron chi connectivity index (χ0n) is 32.3. The maximum Gasteiger partial charge on any atom is 0.0625 e. The van der Waals surface area contributed by atoms with Gasteiger partial charge in [0.2, 0.25) is 0 Å². The summed E-state index contributed by atoms with van der Waals surface area (Å²) in [5.74, 6) is 0. The molecule has 0 heterocycles. The second kappa shape index (κ2) is 13.4. The fourth-order valence-electron chi connectivity index (χ4n) is 9.67. The van der Waals surface area contributed by atoms with E-state index < -0.39 is 0 Å². The Morgan fingerprint density at radius 1 is 0.237 bits per heavy atom. The summed E-state index contributed by atoms with van der Waals surface area (Å²) in [5, 5.41) is 17.5. The zero-order chi connectivity index (χ0) is 38.9. The van der Waals surface area contributed by atoms with E-state index in [0.717, 1.165) is 11.4 Å². The van der Waals surface area contributed by atoms with Gasteiger partial charge in [0.05, 0.1) is 11.4 Å². The average molecular weight is 748 g/mol. The molecule has 0 aliphatic heterocycles. The van der Waals surface area contributed by atoms with Crippen molar-refractivity contribution in [1.29, 1.82) is 0 Å². The number of hydrogen-bond donors (Lipinski definition) is 0. The summed E-state index contributed by atoms with van der Waals surface area (Å²) in [6, 6.07) is 82.7. The summed E-state index contributed by atoms with van der Waals surface area (Å²) in [4.78, 5) is 2.52. The van der Waals surface area contributed by atoms with E-state index in [2.05, 4.69) is 229 Å². The van der Waals surface area contributed by atoms with Gasteiger partial charge < -0.3 is 4.90 Å². The molecule has 12 rings (SSSR count). The molecular formula is C58H37N. The van der Waals surface area contributed by atoms with Gasteiger partial charge in [-0.1, -0.05) is 194 Å². The van der Waals surface area contributed by atoms with Crippen LogP contribution in [0.4, 0.5) is 17.1 Å². The number of fused-ring (bicyclic) bond motifs is 11. The molecule has 0 saturated heterocycles. The van der Waals surface area contributed by atoms with Gasteiger partial charge in [-0.3, -0.25) is 0 Å². The summed E-state index contributed by atoms with van der Waals surface area (Å²) in [7, 11) is 0. The molecule has 0 unspecified atom stereocenters. The van der Waals surface area contributed by atoms with E-state index in [1.165, 1.54) is 103 Å². The molecule has 0 fully saturated rings. The van der Waals surface area contributed by atoms with Gasteiger partial charge in [0, 0.05) is 22.0 Å². The fraction of sp³-hybridized carbons (Fsp3) is 0. The van der Waals surface area contributed by atoms with Crippen molar-refractivity contribution in [2.24, 2.45) is 0 Å². The minimum Gasteiger partial charge on any atom is -0.309 e. The SMILES string of the molecule is c1ccc2cc(-c3c(N(c4ccc(-c5ccc6c7ccccc7c7ccccc7c6c5)cc4)c4cccc5ccccc45)c4ccccc4c4ccccc34)ccc2c1. The average Bonchev–Trinajstić information content (AvgIpc) is 3.31. The summed E-state index contributed by atoms with van der Waals surface area (Å²) < 4.78 is 0. The number of rotatable bonds is 5. The third-order valence-electron chi connectivity index (χ3n) is 12.4. The Labute approximate surface area is 342 Å². The molecule has 0 aromatic heterocycles. The van der Waals surface area contributed by atoms with E-state index in [-0.39, 0.29) is 0 Å². The smallest absolute Gasteiger partial charge is 0.0625 e. The van der Waals surface area contributed by atoms with Gasteiger partial charge in [0.1, 0.15) is 0 Å². The maximum atomic E-state index is 2.52. The largest absolute Gasteiger partial charge is 0.309 e. The first-order chi connectivity index (χ1) is 29.3. The molecule has 12 aromatic rings. The quantitative estimate of drug-likeness (QED) is 0.159. The van der Waals surface area contributed by atoms with Gasteiger partial charge in [-0.2, -0.15) is 0 Å². The lowest BCUT2D eigenvalue weighted by Gasteiger charge is -2.31. The van der Waals surface area contributed by atoms with Crippen molar-refractivity contribution in [3.8, 4) is 22.3 Å². The van der Waals surface area contributed by atoms with Gasteiger partial charge in [-0.25, -0.2) is 0 Å². The number of hydrogen-bond acceptors (Lipinski definition) is 1. The molecule has 0 radical (unpaired) electrons. The Bertz CT molecular complexity index is 3580. The summed E-state index contributed by atoms with van der Waals surface area (Å²) in [6.45, 7) is 0. The molecule has 0 aliphatic rings. The summed E-state index contributed by atoms with van der Waals surface area (Å²) in [6.07, 6.45) is 0. The molecule has 0 bridgehead atoms. The first-order valence-corrected chi connectivity index (χ1v) is 20.4. The monoisotopic (exact) mass is 747 g/mol. The topological polar surface area (TPSA) is 3.24 Å². The molecule has 59 heavy (non-hydrogen) atoms. The number of benzene rings is 12. The van der Waals surface area contributed by atoms with E-state index in [1.54, 1.807) is 0 Å². The van der Waals surface area contributed by atoms with Crippen molar-refractivity contribution >= 4 is 92.5 Å². The molecule has 0 spiro atoms. The highest BCUT2D eigenvalue weighted by Crippen LogP contribution is 2.51. The first-order valence-electron chi connectivity index (χ1n) is 20.4. The van der Waals surface area contributed by atoms with Crippen molar-refractivity contribution in [3.05, 3.63) is 224 Å². The van der Waals surface area contributed by atoms with Crippen LogP contribution in [-0.2, 0) is 0 Å². The maximum absolute atomic E-state index is 2.52. The first kappa shape index (κ1) is 33.4.